The number of primary amides is 1. The van der Waals surface area contributed by atoms with Crippen LogP contribution in [-0.4, -0.2) is 30.1 Å². The van der Waals surface area contributed by atoms with Crippen molar-refractivity contribution >= 4 is 49.7 Å². The van der Waals surface area contributed by atoms with Crippen molar-refractivity contribution in [3.8, 4) is 10.8 Å². The summed E-state index contributed by atoms with van der Waals surface area (Å²) < 4.78 is 31.2. The molecule has 7 nitrogen and oxygen atoms in total. The number of imidazole rings is 1. The summed E-state index contributed by atoms with van der Waals surface area (Å²) in [6.45, 7) is 1.84. The van der Waals surface area contributed by atoms with E-state index in [1.807, 2.05) is 25.1 Å². The number of carbonyl (C=O) groups excluding carboxylic acids is 1. The molecule has 0 radical (unpaired) electrons. The van der Waals surface area contributed by atoms with Crippen LogP contribution in [0.25, 0.3) is 16.0 Å². The maximum absolute atomic E-state index is 12.1. The van der Waals surface area contributed by atoms with Crippen LogP contribution in [0.1, 0.15) is 33.8 Å². The Kier molecular flexibility index (Phi) is 5.98. The second-order valence-electron chi connectivity index (χ2n) is 7.43. The fourth-order valence-electron chi connectivity index (χ4n) is 3.42. The maximum atomic E-state index is 12.1. The summed E-state index contributed by atoms with van der Waals surface area (Å²) in [4.78, 5) is 16.8. The quantitative estimate of drug-likeness (QED) is 0.411. The van der Waals surface area contributed by atoms with Crippen LogP contribution in [0.4, 0.5) is 0 Å². The molecule has 0 unspecified atom stereocenters. The Morgan fingerprint density at radius 1 is 1.25 bits per heavy atom. The standard InChI is InChI=1S/C22H20ClN3O4S2/c1-13(15-5-3-4-6-16(15)23)30-19-10-20(31-21(19)22(24)27)26-12-25-17-8-7-14(9-18(17)26)11-32(2,28)29/h3-10,12-13H,11H2,1-2H3,(H2,24,27)/t13-/m1/s1. The van der Waals surface area contributed by atoms with Crippen LogP contribution >= 0.6 is 22.9 Å². The van der Waals surface area contributed by atoms with E-state index in [4.69, 9.17) is 22.1 Å². The van der Waals surface area contributed by atoms with Crippen LogP contribution in [0.15, 0.2) is 54.9 Å². The molecule has 0 bridgehead atoms. The lowest BCUT2D eigenvalue weighted by atomic mass is 10.1. The second-order valence-corrected chi connectivity index (χ2v) is 11.0. The number of benzene rings is 2. The molecular formula is C22H20ClN3O4S2. The zero-order valence-corrected chi connectivity index (χ0v) is 19.7. The van der Waals surface area contributed by atoms with Crippen LogP contribution in [-0.2, 0) is 15.6 Å². The van der Waals surface area contributed by atoms with Crippen molar-refractivity contribution in [1.29, 1.82) is 0 Å². The van der Waals surface area contributed by atoms with Crippen molar-refractivity contribution in [3.63, 3.8) is 0 Å². The molecule has 2 aromatic heterocycles. The molecule has 1 amide bonds. The number of aromatic nitrogens is 2. The van der Waals surface area contributed by atoms with Gasteiger partial charge in [-0.2, -0.15) is 0 Å². The van der Waals surface area contributed by atoms with Gasteiger partial charge in [0.1, 0.15) is 28.1 Å². The highest BCUT2D eigenvalue weighted by atomic mass is 35.5. The van der Waals surface area contributed by atoms with Crippen molar-refractivity contribution in [2.24, 2.45) is 5.73 Å². The monoisotopic (exact) mass is 489 g/mol. The number of rotatable bonds is 7. The largest absolute Gasteiger partial charge is 0.484 e. The number of hydrogen-bond acceptors (Lipinski definition) is 6. The first-order valence-corrected chi connectivity index (χ1v) is 12.9. The Hall–Kier alpha value is -2.88. The molecule has 166 valence electrons. The highest BCUT2D eigenvalue weighted by molar-refractivity contribution is 7.89. The third kappa shape index (κ3) is 4.64. The Bertz CT molecular complexity index is 1430. The van der Waals surface area contributed by atoms with E-state index in [0.717, 1.165) is 5.56 Å². The molecule has 2 N–H and O–H groups in total. The van der Waals surface area contributed by atoms with Crippen LogP contribution in [0.3, 0.4) is 0 Å². The zero-order valence-electron chi connectivity index (χ0n) is 17.3. The molecule has 0 fully saturated rings. The average Bonchev–Trinajstić information content (AvgIpc) is 3.30. The molecule has 4 aromatic rings. The van der Waals surface area contributed by atoms with Gasteiger partial charge in [-0.1, -0.05) is 35.9 Å². The minimum absolute atomic E-state index is 0.0746. The van der Waals surface area contributed by atoms with Gasteiger partial charge < -0.3 is 10.5 Å². The van der Waals surface area contributed by atoms with E-state index in [-0.39, 0.29) is 10.6 Å². The van der Waals surface area contributed by atoms with Gasteiger partial charge in [0, 0.05) is 22.9 Å². The number of ether oxygens (including phenoxy) is 1. The lowest BCUT2D eigenvalue weighted by molar-refractivity contribution is 0.0998. The van der Waals surface area contributed by atoms with Gasteiger partial charge in [-0.05, 0) is 30.7 Å². The molecule has 10 heteroatoms. The van der Waals surface area contributed by atoms with Crippen LogP contribution in [0, 0.1) is 0 Å². The van der Waals surface area contributed by atoms with Gasteiger partial charge in [-0.3, -0.25) is 9.36 Å². The summed E-state index contributed by atoms with van der Waals surface area (Å²) in [5, 5.41) is 1.23. The smallest absolute Gasteiger partial charge is 0.262 e. The van der Waals surface area contributed by atoms with Gasteiger partial charge in [-0.15, -0.1) is 11.3 Å². The van der Waals surface area contributed by atoms with Crippen molar-refractivity contribution < 1.29 is 17.9 Å². The number of halogens is 1. The van der Waals surface area contributed by atoms with E-state index >= 15 is 0 Å². The average molecular weight is 490 g/mol. The normalized spacial score (nSPS) is 12.7. The second kappa shape index (κ2) is 8.57. The molecule has 32 heavy (non-hydrogen) atoms. The summed E-state index contributed by atoms with van der Waals surface area (Å²) in [5.74, 6) is -0.335. The lowest BCUT2D eigenvalue weighted by Gasteiger charge is -2.16. The number of sulfone groups is 1. The van der Waals surface area contributed by atoms with E-state index in [1.54, 1.807) is 41.2 Å². The number of thiophene rings is 1. The maximum Gasteiger partial charge on any atom is 0.262 e. The van der Waals surface area contributed by atoms with E-state index in [0.29, 0.717) is 32.4 Å². The first-order chi connectivity index (χ1) is 15.1. The van der Waals surface area contributed by atoms with Gasteiger partial charge in [0.25, 0.3) is 5.91 Å². The van der Waals surface area contributed by atoms with Crippen molar-refractivity contribution in [3.05, 3.63) is 75.9 Å². The zero-order chi connectivity index (χ0) is 23.0. The predicted molar refractivity (Wildman–Crippen MR) is 127 cm³/mol. The van der Waals surface area contributed by atoms with Gasteiger partial charge in [-0.25, -0.2) is 13.4 Å². The number of fused-ring (bicyclic) bond motifs is 1. The first kappa shape index (κ1) is 22.3. The highest BCUT2D eigenvalue weighted by Gasteiger charge is 2.21. The molecule has 1 atom stereocenters. The minimum Gasteiger partial charge on any atom is -0.484 e. The molecule has 2 heterocycles. The number of nitrogens with zero attached hydrogens (tertiary/aromatic N) is 2. The topological polar surface area (TPSA) is 104 Å². The first-order valence-electron chi connectivity index (χ1n) is 9.61. The van der Waals surface area contributed by atoms with Crippen LogP contribution < -0.4 is 10.5 Å². The number of amides is 1. The lowest BCUT2D eigenvalue weighted by Crippen LogP contribution is -2.12. The Morgan fingerprint density at radius 3 is 2.69 bits per heavy atom. The third-order valence-corrected chi connectivity index (χ3v) is 7.17. The van der Waals surface area contributed by atoms with Gasteiger partial charge in [0.15, 0.2) is 9.84 Å². The summed E-state index contributed by atoms with van der Waals surface area (Å²) in [5.41, 5.74) is 8.46. The van der Waals surface area contributed by atoms with E-state index in [9.17, 15) is 13.2 Å². The molecule has 2 aromatic carbocycles. The van der Waals surface area contributed by atoms with Crippen LogP contribution in [0.2, 0.25) is 5.02 Å². The minimum atomic E-state index is -3.18. The predicted octanol–water partition coefficient (Wildman–Crippen LogP) is 4.52. The summed E-state index contributed by atoms with van der Waals surface area (Å²) in [6, 6.07) is 14.3. The molecule has 0 saturated carbocycles. The number of hydrogen-bond donors (Lipinski definition) is 1. The SMILES string of the molecule is C[C@@H](Oc1cc(-n2cnc3ccc(CS(C)(=O)=O)cc32)sc1C(N)=O)c1ccccc1Cl. The Morgan fingerprint density at radius 2 is 2.00 bits per heavy atom. The van der Waals surface area contributed by atoms with E-state index < -0.39 is 21.8 Å². The number of nitrogens with two attached hydrogens (primary N) is 1. The molecule has 0 aliphatic rings. The fourth-order valence-corrected chi connectivity index (χ4v) is 5.42. The van der Waals surface area contributed by atoms with E-state index in [1.165, 1.54) is 17.6 Å². The van der Waals surface area contributed by atoms with Crippen molar-refractivity contribution in [1.82, 2.24) is 9.55 Å². The van der Waals surface area contributed by atoms with Gasteiger partial charge in [0.05, 0.1) is 16.8 Å². The molecule has 4 rings (SSSR count). The van der Waals surface area contributed by atoms with Crippen molar-refractivity contribution in [2.75, 3.05) is 6.26 Å². The van der Waals surface area contributed by atoms with Crippen molar-refractivity contribution in [2.45, 2.75) is 18.8 Å². The summed E-state index contributed by atoms with van der Waals surface area (Å²) >= 11 is 7.45. The molecule has 0 saturated heterocycles. The molecule has 0 aliphatic heterocycles. The highest BCUT2D eigenvalue weighted by Crippen LogP contribution is 2.37. The van der Waals surface area contributed by atoms with Crippen LogP contribution in [0.5, 0.6) is 5.75 Å². The Balaban J connectivity index is 1.74. The summed E-state index contributed by atoms with van der Waals surface area (Å²) in [6.07, 6.45) is 2.40. The third-order valence-electron chi connectivity index (χ3n) is 4.83. The molecule has 0 spiro atoms. The molecular weight excluding hydrogens is 470 g/mol. The molecule has 0 aliphatic carbocycles. The number of carbonyl (C=O) groups is 1. The Labute approximate surface area is 194 Å². The fraction of sp³-hybridized carbons (Fsp3) is 0.182. The summed E-state index contributed by atoms with van der Waals surface area (Å²) in [7, 11) is -3.18. The van der Waals surface area contributed by atoms with Gasteiger partial charge >= 0.3 is 0 Å². The van der Waals surface area contributed by atoms with E-state index in [2.05, 4.69) is 4.98 Å². The van der Waals surface area contributed by atoms with Gasteiger partial charge in [0.2, 0.25) is 0 Å².